The zero-order valence-electron chi connectivity index (χ0n) is 10.6. The van der Waals surface area contributed by atoms with Gasteiger partial charge >= 0.3 is 0 Å². The number of nitrogens with one attached hydrogen (secondary N) is 1. The van der Waals surface area contributed by atoms with Gasteiger partial charge < -0.3 is 15.0 Å². The summed E-state index contributed by atoms with van der Waals surface area (Å²) >= 11 is 0. The van der Waals surface area contributed by atoms with Crippen LogP contribution in [0.1, 0.15) is 0 Å². The molecule has 1 aliphatic rings. The maximum absolute atomic E-state index is 5.62. The lowest BCUT2D eigenvalue weighted by molar-refractivity contribution is 0.460. The molecule has 5 nitrogen and oxygen atoms in total. The maximum atomic E-state index is 5.62. The van der Waals surface area contributed by atoms with Crippen molar-refractivity contribution in [2.75, 3.05) is 31.1 Å². The van der Waals surface area contributed by atoms with Crippen LogP contribution in [0.25, 0.3) is 0 Å². The van der Waals surface area contributed by atoms with Crippen molar-refractivity contribution in [3.8, 4) is 11.6 Å². The Morgan fingerprint density at radius 1 is 1.05 bits per heavy atom. The minimum absolute atomic E-state index is 0.512. The van der Waals surface area contributed by atoms with Crippen LogP contribution in [0.5, 0.6) is 11.6 Å². The highest BCUT2D eigenvalue weighted by Crippen LogP contribution is 2.22. The van der Waals surface area contributed by atoms with Crippen LogP contribution in [0.15, 0.2) is 42.9 Å². The summed E-state index contributed by atoms with van der Waals surface area (Å²) in [4.78, 5) is 10.4. The topological polar surface area (TPSA) is 50.3 Å². The number of aromatic nitrogens is 2. The van der Waals surface area contributed by atoms with Crippen LogP contribution in [-0.2, 0) is 0 Å². The number of nitrogens with zero attached hydrogens (tertiary/aromatic N) is 3. The summed E-state index contributed by atoms with van der Waals surface area (Å²) in [6, 6.07) is 8.09. The molecular weight excluding hydrogens is 240 g/mol. The summed E-state index contributed by atoms with van der Waals surface area (Å²) in [7, 11) is 0. The fourth-order valence-electron chi connectivity index (χ4n) is 2.11. The van der Waals surface area contributed by atoms with Gasteiger partial charge in [-0.3, -0.25) is 4.98 Å². The van der Waals surface area contributed by atoms with Crippen LogP contribution in [0, 0.1) is 0 Å². The highest BCUT2D eigenvalue weighted by molar-refractivity contribution is 5.49. The summed E-state index contributed by atoms with van der Waals surface area (Å²) in [6.45, 7) is 4.17. The summed E-state index contributed by atoms with van der Waals surface area (Å²) in [5, 5.41) is 3.35. The first-order valence-electron chi connectivity index (χ1n) is 6.41. The molecule has 1 aromatic carbocycles. The molecular formula is C14H16N4O. The second kappa shape index (κ2) is 5.67. The number of ether oxygens (including phenoxy) is 1. The molecule has 2 aromatic rings. The second-order valence-corrected chi connectivity index (χ2v) is 4.38. The van der Waals surface area contributed by atoms with Gasteiger partial charge in [-0.25, -0.2) is 4.98 Å². The molecule has 2 heterocycles. The van der Waals surface area contributed by atoms with Gasteiger partial charge in [0.2, 0.25) is 5.88 Å². The van der Waals surface area contributed by atoms with Gasteiger partial charge in [0.25, 0.3) is 0 Å². The van der Waals surface area contributed by atoms with Crippen molar-refractivity contribution in [1.29, 1.82) is 0 Å². The molecule has 1 saturated heterocycles. The van der Waals surface area contributed by atoms with Crippen LogP contribution in [0.2, 0.25) is 0 Å². The fraction of sp³-hybridized carbons (Fsp3) is 0.286. The predicted molar refractivity (Wildman–Crippen MR) is 73.6 cm³/mol. The monoisotopic (exact) mass is 256 g/mol. The van der Waals surface area contributed by atoms with Gasteiger partial charge in [-0.2, -0.15) is 0 Å². The summed E-state index contributed by atoms with van der Waals surface area (Å²) in [6.07, 6.45) is 4.84. The van der Waals surface area contributed by atoms with Gasteiger partial charge in [-0.05, 0) is 24.3 Å². The summed E-state index contributed by atoms with van der Waals surface area (Å²) in [5.41, 5.74) is 1.23. The van der Waals surface area contributed by atoms with Crippen molar-refractivity contribution in [3.63, 3.8) is 0 Å². The SMILES string of the molecule is c1cnc(Oc2ccc(N3CCNCC3)cc2)cn1. The van der Waals surface area contributed by atoms with Crippen LogP contribution in [0.3, 0.4) is 0 Å². The third kappa shape index (κ3) is 3.00. The fourth-order valence-corrected chi connectivity index (χ4v) is 2.11. The number of hydrogen-bond donors (Lipinski definition) is 1. The molecule has 0 aliphatic carbocycles. The Labute approximate surface area is 112 Å². The molecule has 98 valence electrons. The first kappa shape index (κ1) is 11.9. The standard InChI is InChI=1S/C14H16N4O/c1-3-13(19-14-11-16-5-6-17-14)4-2-12(1)18-9-7-15-8-10-18/h1-6,11,15H,7-10H2. The molecule has 0 amide bonds. The van der Waals surface area contributed by atoms with Crippen LogP contribution in [-0.4, -0.2) is 36.1 Å². The third-order valence-electron chi connectivity index (χ3n) is 3.08. The lowest BCUT2D eigenvalue weighted by atomic mass is 10.2. The van der Waals surface area contributed by atoms with E-state index in [-0.39, 0.29) is 0 Å². The van der Waals surface area contributed by atoms with Crippen LogP contribution >= 0.6 is 0 Å². The molecule has 3 rings (SSSR count). The molecule has 1 aliphatic heterocycles. The molecule has 0 saturated carbocycles. The Kier molecular flexibility index (Phi) is 3.56. The zero-order valence-corrected chi connectivity index (χ0v) is 10.6. The van der Waals surface area contributed by atoms with Crippen molar-refractivity contribution in [2.45, 2.75) is 0 Å². The summed E-state index contributed by atoms with van der Waals surface area (Å²) in [5.74, 6) is 1.29. The Hall–Kier alpha value is -2.14. The van der Waals surface area contributed by atoms with E-state index in [4.69, 9.17) is 4.74 Å². The molecule has 0 unspecified atom stereocenters. The lowest BCUT2D eigenvalue weighted by Gasteiger charge is -2.29. The number of hydrogen-bond acceptors (Lipinski definition) is 5. The number of rotatable bonds is 3. The Morgan fingerprint density at radius 3 is 2.53 bits per heavy atom. The van der Waals surface area contributed by atoms with E-state index in [9.17, 15) is 0 Å². The van der Waals surface area contributed by atoms with Crippen molar-refractivity contribution < 1.29 is 4.74 Å². The lowest BCUT2D eigenvalue weighted by Crippen LogP contribution is -2.43. The normalized spacial score (nSPS) is 15.3. The number of anilines is 1. The highest BCUT2D eigenvalue weighted by Gasteiger charge is 2.10. The van der Waals surface area contributed by atoms with Gasteiger partial charge in [0.05, 0.1) is 6.20 Å². The highest BCUT2D eigenvalue weighted by atomic mass is 16.5. The zero-order chi connectivity index (χ0) is 12.9. The van der Waals surface area contributed by atoms with Gasteiger partial charge in [0, 0.05) is 44.3 Å². The van der Waals surface area contributed by atoms with Crippen LogP contribution < -0.4 is 15.0 Å². The van der Waals surface area contributed by atoms with Gasteiger partial charge in [-0.1, -0.05) is 0 Å². The quantitative estimate of drug-likeness (QED) is 0.905. The van der Waals surface area contributed by atoms with E-state index in [1.54, 1.807) is 18.6 Å². The smallest absolute Gasteiger partial charge is 0.237 e. The predicted octanol–water partition coefficient (Wildman–Crippen LogP) is 1.68. The van der Waals surface area contributed by atoms with E-state index in [2.05, 4.69) is 32.3 Å². The molecule has 0 atom stereocenters. The third-order valence-corrected chi connectivity index (χ3v) is 3.08. The minimum atomic E-state index is 0.512. The van der Waals surface area contributed by atoms with E-state index in [0.29, 0.717) is 5.88 Å². The Bertz CT molecular complexity index is 509. The molecule has 0 spiro atoms. The van der Waals surface area contributed by atoms with Crippen molar-refractivity contribution in [3.05, 3.63) is 42.9 Å². The largest absolute Gasteiger partial charge is 0.438 e. The maximum Gasteiger partial charge on any atom is 0.237 e. The number of piperazine rings is 1. The van der Waals surface area contributed by atoms with Gasteiger partial charge in [-0.15, -0.1) is 0 Å². The van der Waals surface area contributed by atoms with Gasteiger partial charge in [0.15, 0.2) is 0 Å². The van der Waals surface area contributed by atoms with E-state index >= 15 is 0 Å². The molecule has 19 heavy (non-hydrogen) atoms. The molecule has 0 radical (unpaired) electrons. The van der Waals surface area contributed by atoms with Gasteiger partial charge in [0.1, 0.15) is 5.75 Å². The van der Waals surface area contributed by atoms with Crippen LogP contribution in [0.4, 0.5) is 5.69 Å². The second-order valence-electron chi connectivity index (χ2n) is 4.38. The Balaban J connectivity index is 1.68. The molecule has 1 N–H and O–H groups in total. The first-order chi connectivity index (χ1) is 9.42. The van der Waals surface area contributed by atoms with E-state index in [0.717, 1.165) is 31.9 Å². The van der Waals surface area contributed by atoms with Crippen molar-refractivity contribution >= 4 is 5.69 Å². The van der Waals surface area contributed by atoms with E-state index in [1.165, 1.54) is 5.69 Å². The molecule has 1 fully saturated rings. The van der Waals surface area contributed by atoms with Crippen molar-refractivity contribution in [2.24, 2.45) is 0 Å². The molecule has 0 bridgehead atoms. The summed E-state index contributed by atoms with van der Waals surface area (Å²) < 4.78 is 5.62. The average Bonchev–Trinajstić information content (AvgIpc) is 2.50. The van der Waals surface area contributed by atoms with E-state index < -0.39 is 0 Å². The number of benzene rings is 1. The molecule has 1 aromatic heterocycles. The minimum Gasteiger partial charge on any atom is -0.438 e. The van der Waals surface area contributed by atoms with E-state index in [1.807, 2.05) is 12.1 Å². The Morgan fingerprint density at radius 2 is 1.84 bits per heavy atom. The van der Waals surface area contributed by atoms with Crippen molar-refractivity contribution in [1.82, 2.24) is 15.3 Å². The molecule has 5 heteroatoms. The first-order valence-corrected chi connectivity index (χ1v) is 6.41. The average molecular weight is 256 g/mol.